The highest BCUT2D eigenvalue weighted by Crippen LogP contribution is 2.49. The van der Waals surface area contributed by atoms with Crippen molar-refractivity contribution in [2.45, 2.75) is 76.7 Å². The van der Waals surface area contributed by atoms with Gasteiger partial charge in [-0.25, -0.2) is 0 Å². The third kappa shape index (κ3) is 2.83. The van der Waals surface area contributed by atoms with Crippen LogP contribution in [0.1, 0.15) is 71.1 Å². The molecule has 2 saturated carbocycles. The Kier molecular flexibility index (Phi) is 3.78. The molecule has 2 aliphatic rings. The first-order valence-electron chi connectivity index (χ1n) is 7.23. The van der Waals surface area contributed by atoms with E-state index in [1.54, 1.807) is 0 Å². The summed E-state index contributed by atoms with van der Waals surface area (Å²) in [5.74, 6) is 0.681. The highest BCUT2D eigenvalue weighted by Gasteiger charge is 2.49. The van der Waals surface area contributed by atoms with Gasteiger partial charge < -0.3 is 5.11 Å². The molecule has 1 atom stereocenters. The van der Waals surface area contributed by atoms with Gasteiger partial charge in [-0.05, 0) is 32.1 Å². The van der Waals surface area contributed by atoms with Crippen LogP contribution in [0.5, 0.6) is 0 Å². The smallest absolute Gasteiger partial charge is 0.0857 e. The van der Waals surface area contributed by atoms with Crippen molar-refractivity contribution in [2.24, 2.45) is 11.3 Å². The maximum Gasteiger partial charge on any atom is 0.0857 e. The van der Waals surface area contributed by atoms with E-state index in [1.807, 2.05) is 6.92 Å². The average molecular weight is 235 g/mol. The Morgan fingerprint density at radius 2 is 1.71 bits per heavy atom. The fourth-order valence-corrected chi connectivity index (χ4v) is 3.36. The van der Waals surface area contributed by atoms with Crippen molar-refractivity contribution in [3.05, 3.63) is 0 Å². The summed E-state index contributed by atoms with van der Waals surface area (Å²) in [5.41, 5.74) is -1.25. The van der Waals surface area contributed by atoms with Gasteiger partial charge in [0.1, 0.15) is 0 Å². The fourth-order valence-electron chi connectivity index (χ4n) is 3.36. The third-order valence-corrected chi connectivity index (χ3v) is 4.84. The lowest BCUT2D eigenvalue weighted by atomic mass is 9.64. The van der Waals surface area contributed by atoms with E-state index >= 15 is 0 Å². The zero-order chi connectivity index (χ0) is 12.4. The quantitative estimate of drug-likeness (QED) is 0.808. The molecule has 0 saturated heterocycles. The van der Waals surface area contributed by atoms with E-state index in [9.17, 15) is 10.4 Å². The zero-order valence-electron chi connectivity index (χ0n) is 11.0. The lowest BCUT2D eigenvalue weighted by Gasteiger charge is -2.41. The molecule has 17 heavy (non-hydrogen) atoms. The molecule has 1 N–H and O–H groups in total. The van der Waals surface area contributed by atoms with Crippen LogP contribution in [0, 0.1) is 22.7 Å². The van der Waals surface area contributed by atoms with E-state index in [1.165, 1.54) is 32.1 Å². The molecule has 0 spiro atoms. The van der Waals surface area contributed by atoms with Crippen LogP contribution < -0.4 is 0 Å². The van der Waals surface area contributed by atoms with Gasteiger partial charge in [0, 0.05) is 0 Å². The largest absolute Gasteiger partial charge is 0.389 e. The summed E-state index contributed by atoms with van der Waals surface area (Å²) < 4.78 is 0. The van der Waals surface area contributed by atoms with Crippen molar-refractivity contribution in [2.75, 3.05) is 0 Å². The number of nitrogens with zero attached hydrogens (tertiary/aromatic N) is 1. The minimum absolute atomic E-state index is 0.476. The molecular formula is C15H25NO. The lowest BCUT2D eigenvalue weighted by Crippen LogP contribution is -2.46. The van der Waals surface area contributed by atoms with Crippen LogP contribution in [0.15, 0.2) is 0 Å². The second kappa shape index (κ2) is 4.98. The minimum atomic E-state index is -0.778. The van der Waals surface area contributed by atoms with E-state index in [0.717, 1.165) is 32.1 Å². The summed E-state index contributed by atoms with van der Waals surface area (Å²) in [6, 6.07) is 2.51. The van der Waals surface area contributed by atoms with Crippen LogP contribution in [0.25, 0.3) is 0 Å². The molecule has 1 unspecified atom stereocenters. The maximum absolute atomic E-state index is 10.8. The van der Waals surface area contributed by atoms with Crippen molar-refractivity contribution in [1.29, 1.82) is 5.26 Å². The molecule has 0 amide bonds. The Morgan fingerprint density at radius 3 is 2.18 bits per heavy atom. The monoisotopic (exact) mass is 235 g/mol. The maximum atomic E-state index is 10.8. The number of rotatable bonds is 3. The van der Waals surface area contributed by atoms with Gasteiger partial charge in [0.05, 0.1) is 17.1 Å². The standard InChI is InChI=1S/C15H25NO/c1-14(17,11-13-7-8-13)15(12-16)9-5-3-2-4-6-10-15/h13,17H,2-11H2,1H3. The number of hydrogen-bond donors (Lipinski definition) is 1. The highest BCUT2D eigenvalue weighted by atomic mass is 16.3. The molecule has 0 aromatic carbocycles. The first kappa shape index (κ1) is 12.9. The van der Waals surface area contributed by atoms with Gasteiger partial charge in [-0.3, -0.25) is 0 Å². The molecule has 2 aliphatic carbocycles. The highest BCUT2D eigenvalue weighted by molar-refractivity contribution is 5.11. The van der Waals surface area contributed by atoms with Gasteiger partial charge in [-0.1, -0.05) is 44.9 Å². The van der Waals surface area contributed by atoms with E-state index in [2.05, 4.69) is 6.07 Å². The summed E-state index contributed by atoms with van der Waals surface area (Å²) in [5, 5.41) is 20.4. The van der Waals surface area contributed by atoms with Gasteiger partial charge in [0.2, 0.25) is 0 Å². The van der Waals surface area contributed by atoms with Crippen LogP contribution in [0.4, 0.5) is 0 Å². The van der Waals surface area contributed by atoms with E-state index in [4.69, 9.17) is 0 Å². The van der Waals surface area contributed by atoms with E-state index in [0.29, 0.717) is 5.92 Å². The predicted octanol–water partition coefficient (Wildman–Crippen LogP) is 3.79. The molecule has 2 heteroatoms. The summed E-state index contributed by atoms with van der Waals surface area (Å²) in [6.45, 7) is 1.91. The molecule has 2 rings (SSSR count). The summed E-state index contributed by atoms with van der Waals surface area (Å²) in [7, 11) is 0. The van der Waals surface area contributed by atoms with E-state index in [-0.39, 0.29) is 0 Å². The first-order valence-corrected chi connectivity index (χ1v) is 7.23. The predicted molar refractivity (Wildman–Crippen MR) is 68.3 cm³/mol. The van der Waals surface area contributed by atoms with Gasteiger partial charge in [0.15, 0.2) is 0 Å². The van der Waals surface area contributed by atoms with Gasteiger partial charge >= 0.3 is 0 Å². The molecule has 0 bridgehead atoms. The average Bonchev–Trinajstić information content (AvgIpc) is 3.01. The summed E-state index contributed by atoms with van der Waals surface area (Å²) in [4.78, 5) is 0. The summed E-state index contributed by atoms with van der Waals surface area (Å²) in [6.07, 6.45) is 11.1. The fraction of sp³-hybridized carbons (Fsp3) is 0.933. The van der Waals surface area contributed by atoms with Crippen LogP contribution in [-0.2, 0) is 0 Å². The van der Waals surface area contributed by atoms with Crippen LogP contribution in [-0.4, -0.2) is 10.7 Å². The molecule has 0 aromatic rings. The van der Waals surface area contributed by atoms with Crippen molar-refractivity contribution >= 4 is 0 Å². The molecule has 2 nitrogen and oxygen atoms in total. The normalized spacial score (nSPS) is 28.5. The number of nitriles is 1. The topological polar surface area (TPSA) is 44.0 Å². The molecule has 0 heterocycles. The zero-order valence-corrected chi connectivity index (χ0v) is 11.0. The van der Waals surface area contributed by atoms with E-state index < -0.39 is 11.0 Å². The SMILES string of the molecule is CC(O)(CC1CC1)C1(C#N)CCCCCCC1. The molecule has 0 aliphatic heterocycles. The van der Waals surface area contributed by atoms with Crippen molar-refractivity contribution in [3.8, 4) is 6.07 Å². The third-order valence-electron chi connectivity index (χ3n) is 4.84. The first-order chi connectivity index (χ1) is 8.10. The second-order valence-corrected chi connectivity index (χ2v) is 6.38. The van der Waals surface area contributed by atoms with Crippen molar-refractivity contribution in [1.82, 2.24) is 0 Å². The Morgan fingerprint density at radius 1 is 1.18 bits per heavy atom. The van der Waals surface area contributed by atoms with Gasteiger partial charge in [0.25, 0.3) is 0 Å². The van der Waals surface area contributed by atoms with Crippen molar-refractivity contribution in [3.63, 3.8) is 0 Å². The Bertz CT molecular complexity index is 291. The molecule has 0 radical (unpaired) electrons. The Labute approximate surface area is 105 Å². The van der Waals surface area contributed by atoms with Crippen molar-refractivity contribution < 1.29 is 5.11 Å². The lowest BCUT2D eigenvalue weighted by molar-refractivity contribution is -0.0625. The van der Waals surface area contributed by atoms with Crippen LogP contribution in [0.3, 0.4) is 0 Å². The molecule has 2 fully saturated rings. The second-order valence-electron chi connectivity index (χ2n) is 6.38. The number of aliphatic hydroxyl groups is 1. The minimum Gasteiger partial charge on any atom is -0.389 e. The van der Waals surface area contributed by atoms with Crippen LogP contribution in [0.2, 0.25) is 0 Å². The van der Waals surface area contributed by atoms with Crippen LogP contribution >= 0.6 is 0 Å². The van der Waals surface area contributed by atoms with Gasteiger partial charge in [-0.15, -0.1) is 0 Å². The van der Waals surface area contributed by atoms with Gasteiger partial charge in [-0.2, -0.15) is 5.26 Å². The Hall–Kier alpha value is -0.550. The molecule has 96 valence electrons. The Balaban J connectivity index is 2.11. The molecular weight excluding hydrogens is 210 g/mol. The molecule has 0 aromatic heterocycles. The number of hydrogen-bond acceptors (Lipinski definition) is 2. The summed E-state index contributed by atoms with van der Waals surface area (Å²) >= 11 is 0.